The van der Waals surface area contributed by atoms with Crippen molar-refractivity contribution in [2.24, 2.45) is 5.84 Å². The fraction of sp³-hybridized carbons (Fsp3) is 0.714. The number of nitrogens with two attached hydrogens (primary N) is 1. The molecule has 0 saturated heterocycles. The van der Waals surface area contributed by atoms with Gasteiger partial charge in [-0.05, 0) is 6.92 Å². The quantitative estimate of drug-likeness (QED) is 0.274. The molecule has 0 aromatic rings. The third-order valence-electron chi connectivity index (χ3n) is 1.27. The normalized spacial score (nSPS) is 9.25. The van der Waals surface area contributed by atoms with Crippen LogP contribution in [-0.4, -0.2) is 30.0 Å². The maximum Gasteiger partial charge on any atom is 0.307 e. The van der Waals surface area contributed by atoms with Gasteiger partial charge in [0.2, 0.25) is 5.91 Å². The fourth-order valence-corrected chi connectivity index (χ4v) is 0.602. The number of hydrogen-bond donors (Lipinski definition) is 1. The van der Waals surface area contributed by atoms with Gasteiger partial charge in [-0.25, -0.2) is 5.84 Å². The van der Waals surface area contributed by atoms with Crippen molar-refractivity contribution in [1.29, 1.82) is 0 Å². The molecule has 0 unspecified atom stereocenters. The van der Waals surface area contributed by atoms with E-state index in [0.717, 1.165) is 5.01 Å². The van der Waals surface area contributed by atoms with Gasteiger partial charge in [0.25, 0.3) is 0 Å². The monoisotopic (exact) mass is 174 g/mol. The molecule has 0 aliphatic rings. The number of carbonyl (C=O) groups is 2. The molecule has 0 radical (unpaired) electrons. The summed E-state index contributed by atoms with van der Waals surface area (Å²) in [4.78, 5) is 21.3. The third-order valence-corrected chi connectivity index (χ3v) is 1.27. The molecule has 0 aliphatic heterocycles. The first kappa shape index (κ1) is 10.9. The summed E-state index contributed by atoms with van der Waals surface area (Å²) in [6.07, 6.45) is 0.143. The Morgan fingerprint density at radius 3 is 2.50 bits per heavy atom. The Bertz CT molecular complexity index is 170. The van der Waals surface area contributed by atoms with Crippen molar-refractivity contribution in [3.8, 4) is 0 Å². The minimum absolute atomic E-state index is 0.143. The van der Waals surface area contributed by atoms with Gasteiger partial charge in [-0.1, -0.05) is 0 Å². The van der Waals surface area contributed by atoms with E-state index in [2.05, 4.69) is 4.74 Å². The molecule has 0 aromatic heterocycles. The molecule has 0 heterocycles. The largest absolute Gasteiger partial charge is 0.466 e. The van der Waals surface area contributed by atoms with Crippen LogP contribution in [-0.2, 0) is 14.3 Å². The Balaban J connectivity index is 3.54. The van der Waals surface area contributed by atoms with Crippen LogP contribution < -0.4 is 5.84 Å². The molecule has 2 N–H and O–H groups in total. The number of hydrogen-bond acceptors (Lipinski definition) is 4. The standard InChI is InChI=1S/C7H14N2O3/c1-3-12-7(11)4-5-9(8)6(2)10/h3-5,8H2,1-2H3. The molecule has 0 aromatic carbocycles. The highest BCUT2D eigenvalue weighted by molar-refractivity contribution is 5.74. The van der Waals surface area contributed by atoms with Gasteiger partial charge in [-0.3, -0.25) is 14.6 Å². The van der Waals surface area contributed by atoms with Gasteiger partial charge in [-0.2, -0.15) is 0 Å². The second-order valence-corrected chi connectivity index (χ2v) is 2.27. The predicted octanol–water partition coefficient (Wildman–Crippen LogP) is -0.338. The Morgan fingerprint density at radius 2 is 2.08 bits per heavy atom. The highest BCUT2D eigenvalue weighted by atomic mass is 16.5. The maximum absolute atomic E-state index is 10.8. The minimum atomic E-state index is -0.339. The fourth-order valence-electron chi connectivity index (χ4n) is 0.602. The zero-order valence-electron chi connectivity index (χ0n) is 7.37. The molecular formula is C7H14N2O3. The lowest BCUT2D eigenvalue weighted by Crippen LogP contribution is -2.37. The zero-order chi connectivity index (χ0) is 9.56. The second kappa shape index (κ2) is 5.54. The highest BCUT2D eigenvalue weighted by Gasteiger charge is 2.06. The Hall–Kier alpha value is -1.10. The lowest BCUT2D eigenvalue weighted by atomic mass is 10.4. The van der Waals surface area contributed by atoms with Crippen molar-refractivity contribution in [2.45, 2.75) is 20.3 Å². The number of ether oxygens (including phenoxy) is 1. The van der Waals surface area contributed by atoms with E-state index in [1.54, 1.807) is 6.92 Å². The number of nitrogens with zero attached hydrogens (tertiary/aromatic N) is 1. The number of rotatable bonds is 4. The molecule has 0 rings (SSSR count). The molecule has 0 atom stereocenters. The smallest absolute Gasteiger partial charge is 0.307 e. The molecular weight excluding hydrogens is 160 g/mol. The van der Waals surface area contributed by atoms with E-state index < -0.39 is 0 Å². The van der Waals surface area contributed by atoms with Crippen molar-refractivity contribution < 1.29 is 14.3 Å². The number of carbonyl (C=O) groups excluding carboxylic acids is 2. The van der Waals surface area contributed by atoms with E-state index in [1.165, 1.54) is 6.92 Å². The summed E-state index contributed by atoms with van der Waals surface area (Å²) in [6.45, 7) is 3.62. The van der Waals surface area contributed by atoms with E-state index in [9.17, 15) is 9.59 Å². The molecule has 0 spiro atoms. The molecule has 12 heavy (non-hydrogen) atoms. The van der Waals surface area contributed by atoms with Crippen molar-refractivity contribution in [3.05, 3.63) is 0 Å². The first-order valence-electron chi connectivity index (χ1n) is 3.76. The van der Waals surface area contributed by atoms with Gasteiger partial charge in [0, 0.05) is 13.5 Å². The van der Waals surface area contributed by atoms with Crippen molar-refractivity contribution >= 4 is 11.9 Å². The first-order chi connectivity index (χ1) is 5.57. The Morgan fingerprint density at radius 1 is 1.50 bits per heavy atom. The summed E-state index contributed by atoms with van der Waals surface area (Å²) in [7, 11) is 0. The molecule has 5 nitrogen and oxygen atoms in total. The number of esters is 1. The van der Waals surface area contributed by atoms with E-state index >= 15 is 0 Å². The molecule has 0 fully saturated rings. The van der Waals surface area contributed by atoms with Crippen molar-refractivity contribution in [2.75, 3.05) is 13.2 Å². The van der Waals surface area contributed by atoms with E-state index in [1.807, 2.05) is 0 Å². The minimum Gasteiger partial charge on any atom is -0.466 e. The van der Waals surface area contributed by atoms with Gasteiger partial charge >= 0.3 is 5.97 Å². The zero-order valence-corrected chi connectivity index (χ0v) is 7.37. The molecule has 5 heteroatoms. The Labute approximate surface area is 71.4 Å². The van der Waals surface area contributed by atoms with Gasteiger partial charge in [0.05, 0.1) is 13.0 Å². The van der Waals surface area contributed by atoms with Crippen LogP contribution in [0.1, 0.15) is 20.3 Å². The van der Waals surface area contributed by atoms with Gasteiger partial charge in [-0.15, -0.1) is 0 Å². The van der Waals surface area contributed by atoms with E-state index in [0.29, 0.717) is 6.61 Å². The summed E-state index contributed by atoms with van der Waals surface area (Å²) in [5, 5.41) is 0.983. The summed E-state index contributed by atoms with van der Waals surface area (Å²) in [5.41, 5.74) is 0. The van der Waals surface area contributed by atoms with Crippen LogP contribution in [0.5, 0.6) is 0 Å². The van der Waals surface area contributed by atoms with Crippen LogP contribution in [0.3, 0.4) is 0 Å². The average molecular weight is 174 g/mol. The topological polar surface area (TPSA) is 72.6 Å². The number of amides is 1. The van der Waals surface area contributed by atoms with Crippen LogP contribution in [0.4, 0.5) is 0 Å². The van der Waals surface area contributed by atoms with Gasteiger partial charge < -0.3 is 4.74 Å². The van der Waals surface area contributed by atoms with Crippen LogP contribution in [0.25, 0.3) is 0 Å². The molecule has 70 valence electrons. The predicted molar refractivity (Wildman–Crippen MR) is 42.8 cm³/mol. The van der Waals surface area contributed by atoms with E-state index in [-0.39, 0.29) is 24.8 Å². The summed E-state index contributed by atoms with van der Waals surface area (Å²) in [6, 6.07) is 0. The van der Waals surface area contributed by atoms with Gasteiger partial charge in [0.15, 0.2) is 0 Å². The van der Waals surface area contributed by atoms with Crippen LogP contribution in [0.2, 0.25) is 0 Å². The average Bonchev–Trinajstić information content (AvgIpc) is 2.00. The highest BCUT2D eigenvalue weighted by Crippen LogP contribution is 1.89. The molecule has 0 saturated carbocycles. The van der Waals surface area contributed by atoms with E-state index in [4.69, 9.17) is 5.84 Å². The first-order valence-corrected chi connectivity index (χ1v) is 3.76. The van der Waals surface area contributed by atoms with Crippen molar-refractivity contribution in [1.82, 2.24) is 5.01 Å². The summed E-state index contributed by atoms with van der Waals surface area (Å²) in [5.74, 6) is 4.63. The molecule has 0 aliphatic carbocycles. The Kier molecular flexibility index (Phi) is 5.03. The summed E-state index contributed by atoms with van der Waals surface area (Å²) < 4.78 is 4.64. The van der Waals surface area contributed by atoms with Crippen LogP contribution in [0, 0.1) is 0 Å². The lowest BCUT2D eigenvalue weighted by molar-refractivity contribution is -0.144. The van der Waals surface area contributed by atoms with Crippen molar-refractivity contribution in [3.63, 3.8) is 0 Å². The SMILES string of the molecule is CCOC(=O)CCN(N)C(C)=O. The summed E-state index contributed by atoms with van der Waals surface area (Å²) >= 11 is 0. The van der Waals surface area contributed by atoms with Crippen LogP contribution >= 0.6 is 0 Å². The third kappa shape index (κ3) is 4.68. The molecule has 1 amide bonds. The molecule has 0 bridgehead atoms. The van der Waals surface area contributed by atoms with Gasteiger partial charge in [0.1, 0.15) is 0 Å². The maximum atomic E-state index is 10.8. The second-order valence-electron chi connectivity index (χ2n) is 2.27. The lowest BCUT2D eigenvalue weighted by Gasteiger charge is -2.12. The van der Waals surface area contributed by atoms with Crippen LogP contribution in [0.15, 0.2) is 0 Å². The number of hydrazine groups is 1.